The monoisotopic (exact) mass is 555 g/mol. The lowest BCUT2D eigenvalue weighted by atomic mass is 9.59. The molecule has 3 saturated heterocycles. The minimum atomic E-state index is -1.01. The first kappa shape index (κ1) is 27.2. The first-order valence-electron chi connectivity index (χ1n) is 14.6. The Morgan fingerprint density at radius 2 is 1.76 bits per heavy atom. The van der Waals surface area contributed by atoms with Gasteiger partial charge >= 0.3 is 6.09 Å². The number of halogens is 1. The van der Waals surface area contributed by atoms with Gasteiger partial charge in [-0.1, -0.05) is 18.6 Å². The quantitative estimate of drug-likeness (QED) is 0.497. The van der Waals surface area contributed by atoms with E-state index in [1.807, 2.05) is 30.3 Å². The van der Waals surface area contributed by atoms with Gasteiger partial charge in [-0.2, -0.15) is 10.5 Å². The number of carbonyl (C=O) groups is 2. The van der Waals surface area contributed by atoms with E-state index in [2.05, 4.69) is 21.9 Å². The van der Waals surface area contributed by atoms with Crippen LogP contribution in [0.1, 0.15) is 43.2 Å². The molecule has 0 unspecified atom stereocenters. The van der Waals surface area contributed by atoms with Crippen molar-refractivity contribution in [3.8, 4) is 12.1 Å². The van der Waals surface area contributed by atoms with Gasteiger partial charge in [-0.25, -0.2) is 14.1 Å². The smallest absolute Gasteiger partial charge is 0.417 e. The van der Waals surface area contributed by atoms with Crippen molar-refractivity contribution in [3.05, 3.63) is 65.5 Å². The first-order valence-corrected chi connectivity index (χ1v) is 14.6. The third-order valence-corrected chi connectivity index (χ3v) is 9.73. The standard InChI is InChI=1S/C32H34FN5O3/c33-26-4-1-3-25(15-26)32(21-35,28-5-2-6-29(28)38-30(39)20-41-31(38)40)24-11-13-36(14-12-24)17-23-18-37(19-23)27-9-7-22(16-34)8-10-27/h1,3-4,7-10,15,23-24,28-29H,2,5-6,11-14,17-20H2/t28-,29-,32-/m0/s1. The van der Waals surface area contributed by atoms with Crippen LogP contribution in [0, 0.1) is 46.2 Å². The van der Waals surface area contributed by atoms with E-state index in [-0.39, 0.29) is 30.2 Å². The third kappa shape index (κ3) is 4.93. The van der Waals surface area contributed by atoms with Gasteiger partial charge in [-0.15, -0.1) is 0 Å². The van der Waals surface area contributed by atoms with Crippen LogP contribution in [0.5, 0.6) is 0 Å². The second-order valence-corrected chi connectivity index (χ2v) is 11.9. The predicted octanol–water partition coefficient (Wildman–Crippen LogP) is 4.45. The van der Waals surface area contributed by atoms with Gasteiger partial charge in [0, 0.05) is 43.2 Å². The van der Waals surface area contributed by atoms with Crippen LogP contribution in [0.25, 0.3) is 0 Å². The van der Waals surface area contributed by atoms with Crippen LogP contribution < -0.4 is 4.90 Å². The summed E-state index contributed by atoms with van der Waals surface area (Å²) in [4.78, 5) is 31.2. The Labute approximate surface area is 239 Å². The van der Waals surface area contributed by atoms with E-state index in [1.165, 1.54) is 17.0 Å². The normalized spacial score (nSPS) is 25.3. The molecule has 2 amide bonds. The van der Waals surface area contributed by atoms with Gasteiger partial charge in [0.1, 0.15) is 5.82 Å². The van der Waals surface area contributed by atoms with Gasteiger partial charge in [0.05, 0.1) is 23.1 Å². The number of likely N-dealkylation sites (tertiary alicyclic amines) is 1. The number of cyclic esters (lactones) is 1. The minimum Gasteiger partial charge on any atom is -0.439 e. The van der Waals surface area contributed by atoms with Gasteiger partial charge < -0.3 is 14.5 Å². The summed E-state index contributed by atoms with van der Waals surface area (Å²) in [6, 6.07) is 18.5. The van der Waals surface area contributed by atoms with Crippen molar-refractivity contribution in [2.75, 3.05) is 44.2 Å². The van der Waals surface area contributed by atoms with E-state index < -0.39 is 17.6 Å². The number of imide groups is 1. The molecule has 4 aliphatic rings. The molecule has 3 aliphatic heterocycles. The van der Waals surface area contributed by atoms with Gasteiger partial charge in [-0.05, 0) is 86.7 Å². The van der Waals surface area contributed by atoms with E-state index >= 15 is 0 Å². The zero-order chi connectivity index (χ0) is 28.6. The van der Waals surface area contributed by atoms with E-state index in [9.17, 15) is 19.2 Å². The Morgan fingerprint density at radius 1 is 1.00 bits per heavy atom. The summed E-state index contributed by atoms with van der Waals surface area (Å²) in [5, 5.41) is 20.0. The molecule has 0 spiro atoms. The van der Waals surface area contributed by atoms with Crippen LogP contribution in [0.3, 0.4) is 0 Å². The molecule has 0 N–H and O–H groups in total. The van der Waals surface area contributed by atoms with Crippen molar-refractivity contribution < 1.29 is 18.7 Å². The Kier molecular flexibility index (Phi) is 7.40. The summed E-state index contributed by atoms with van der Waals surface area (Å²) in [5.41, 5.74) is 1.43. The molecular weight excluding hydrogens is 521 g/mol. The Morgan fingerprint density at radius 3 is 2.39 bits per heavy atom. The summed E-state index contributed by atoms with van der Waals surface area (Å²) < 4.78 is 19.6. The molecule has 8 nitrogen and oxygen atoms in total. The number of amides is 2. The van der Waals surface area contributed by atoms with Crippen molar-refractivity contribution in [3.63, 3.8) is 0 Å². The van der Waals surface area contributed by atoms with Crippen molar-refractivity contribution in [1.29, 1.82) is 10.5 Å². The summed E-state index contributed by atoms with van der Waals surface area (Å²) in [6.07, 6.45) is 3.06. The van der Waals surface area contributed by atoms with Crippen LogP contribution in [0.15, 0.2) is 48.5 Å². The summed E-state index contributed by atoms with van der Waals surface area (Å²) >= 11 is 0. The van der Waals surface area contributed by atoms with E-state index in [0.717, 1.165) is 57.7 Å². The fourth-order valence-corrected chi connectivity index (χ4v) is 7.78. The number of piperidine rings is 1. The molecule has 1 saturated carbocycles. The SMILES string of the molecule is N#Cc1ccc(N2CC(CN3CCC([C@@](C#N)(c4cccc(F)c4)[C@H]4CCC[C@@H]4N4C(=O)COC4=O)CC3)C2)cc1. The minimum absolute atomic E-state index is 0.0265. The fraction of sp³-hybridized carbons (Fsp3) is 0.500. The zero-order valence-electron chi connectivity index (χ0n) is 23.0. The molecule has 6 rings (SSSR count). The molecule has 1 aliphatic carbocycles. The highest BCUT2D eigenvalue weighted by molar-refractivity contribution is 5.98. The molecule has 0 bridgehead atoms. The summed E-state index contributed by atoms with van der Waals surface area (Å²) in [6.45, 7) is 4.36. The Balaban J connectivity index is 1.17. The van der Waals surface area contributed by atoms with Crippen molar-refractivity contribution in [2.24, 2.45) is 17.8 Å². The molecule has 9 heteroatoms. The molecule has 2 aromatic carbocycles. The van der Waals surface area contributed by atoms with Gasteiger partial charge in [0.25, 0.3) is 5.91 Å². The number of hydrogen-bond acceptors (Lipinski definition) is 7. The first-order chi connectivity index (χ1) is 19.9. The topological polar surface area (TPSA) is 101 Å². The zero-order valence-corrected chi connectivity index (χ0v) is 23.0. The summed E-state index contributed by atoms with van der Waals surface area (Å²) in [5.74, 6) is -0.502. The van der Waals surface area contributed by atoms with Crippen LogP contribution in [0.4, 0.5) is 14.9 Å². The number of hydrogen-bond donors (Lipinski definition) is 0. The van der Waals surface area contributed by atoms with Crippen molar-refractivity contribution in [2.45, 2.75) is 43.6 Å². The molecule has 3 heterocycles. The second kappa shape index (κ2) is 11.1. The average molecular weight is 556 g/mol. The molecule has 41 heavy (non-hydrogen) atoms. The number of nitriles is 2. The summed E-state index contributed by atoms with van der Waals surface area (Å²) in [7, 11) is 0. The fourth-order valence-electron chi connectivity index (χ4n) is 7.78. The maximum atomic E-state index is 14.6. The van der Waals surface area contributed by atoms with Crippen LogP contribution in [0.2, 0.25) is 0 Å². The van der Waals surface area contributed by atoms with Gasteiger partial charge in [0.15, 0.2) is 6.61 Å². The highest BCUT2D eigenvalue weighted by Gasteiger charge is 2.56. The molecule has 0 radical (unpaired) electrons. The lowest BCUT2D eigenvalue weighted by molar-refractivity contribution is -0.128. The maximum Gasteiger partial charge on any atom is 0.417 e. The molecule has 0 aromatic heterocycles. The van der Waals surface area contributed by atoms with E-state index in [4.69, 9.17) is 10.00 Å². The van der Waals surface area contributed by atoms with E-state index in [1.54, 1.807) is 6.07 Å². The van der Waals surface area contributed by atoms with Gasteiger partial charge in [0.2, 0.25) is 0 Å². The maximum absolute atomic E-state index is 14.6. The highest BCUT2D eigenvalue weighted by atomic mass is 19.1. The highest BCUT2D eigenvalue weighted by Crippen LogP contribution is 2.51. The van der Waals surface area contributed by atoms with Crippen LogP contribution in [-0.2, 0) is 14.9 Å². The molecular formula is C32H34FN5O3. The molecule has 3 atom stereocenters. The number of nitrogens with zero attached hydrogens (tertiary/aromatic N) is 5. The number of ether oxygens (including phenoxy) is 1. The van der Waals surface area contributed by atoms with E-state index in [0.29, 0.717) is 29.9 Å². The van der Waals surface area contributed by atoms with Crippen molar-refractivity contribution in [1.82, 2.24) is 9.80 Å². The van der Waals surface area contributed by atoms with Crippen LogP contribution >= 0.6 is 0 Å². The lowest BCUT2D eigenvalue weighted by Crippen LogP contribution is -2.55. The molecule has 4 fully saturated rings. The number of rotatable bonds is 7. The van der Waals surface area contributed by atoms with Crippen molar-refractivity contribution >= 4 is 17.7 Å². The number of anilines is 1. The lowest BCUT2D eigenvalue weighted by Gasteiger charge is -2.48. The van der Waals surface area contributed by atoms with Gasteiger partial charge in [-0.3, -0.25) is 4.79 Å². The van der Waals surface area contributed by atoms with Crippen LogP contribution in [-0.4, -0.2) is 67.2 Å². The largest absolute Gasteiger partial charge is 0.439 e. The number of benzene rings is 2. The second-order valence-electron chi connectivity index (χ2n) is 11.9. The Hall–Kier alpha value is -3.95. The predicted molar refractivity (Wildman–Crippen MR) is 149 cm³/mol. The number of carbonyl (C=O) groups excluding carboxylic acids is 2. The average Bonchev–Trinajstić information content (AvgIpc) is 3.58. The molecule has 212 valence electrons. The third-order valence-electron chi connectivity index (χ3n) is 9.73. The molecule has 2 aromatic rings. The Bertz CT molecular complexity index is 1370.